The summed E-state index contributed by atoms with van der Waals surface area (Å²) in [7, 11) is -2.36. The lowest BCUT2D eigenvalue weighted by Gasteiger charge is -2.17. The van der Waals surface area contributed by atoms with Gasteiger partial charge in [0.15, 0.2) is 0 Å². The van der Waals surface area contributed by atoms with E-state index in [1.54, 1.807) is 12.1 Å². The summed E-state index contributed by atoms with van der Waals surface area (Å²) in [4.78, 5) is 14.6. The van der Waals surface area contributed by atoms with Crippen molar-refractivity contribution in [2.24, 2.45) is 0 Å². The summed E-state index contributed by atoms with van der Waals surface area (Å²) in [6, 6.07) is 5.79. The molecule has 0 aliphatic carbocycles. The number of carboxylic acids is 1. The Bertz CT molecular complexity index is 694. The molecule has 0 saturated carbocycles. The number of aromatic nitrogens is 1. The first-order valence-electron chi connectivity index (χ1n) is 5.15. The molecule has 0 amide bonds. The second-order valence-electron chi connectivity index (χ2n) is 3.61. The fraction of sp³-hybridized carbons (Fsp3) is 0.0909. The van der Waals surface area contributed by atoms with E-state index in [0.29, 0.717) is 5.69 Å². The Kier molecular flexibility index (Phi) is 3.54. The predicted octanol–water partition coefficient (Wildman–Crippen LogP) is 1.67. The normalized spacial score (nSPS) is 11.2. The molecule has 2 heterocycles. The SMILES string of the molecule is CN(c1cccnc1)S(=O)(=O)c1ccc(C(=O)O)s1. The first-order chi connectivity index (χ1) is 8.93. The van der Waals surface area contributed by atoms with Crippen molar-refractivity contribution in [1.29, 1.82) is 0 Å². The second-order valence-corrected chi connectivity index (χ2v) is 6.89. The van der Waals surface area contributed by atoms with Crippen molar-refractivity contribution < 1.29 is 18.3 Å². The van der Waals surface area contributed by atoms with Crippen LogP contribution in [0.4, 0.5) is 5.69 Å². The van der Waals surface area contributed by atoms with E-state index in [2.05, 4.69) is 4.98 Å². The maximum absolute atomic E-state index is 12.3. The fourth-order valence-corrected chi connectivity index (χ4v) is 3.89. The van der Waals surface area contributed by atoms with Gasteiger partial charge in [0, 0.05) is 13.2 Å². The minimum absolute atomic E-state index is 0.0156. The number of nitrogens with zero attached hydrogens (tertiary/aromatic N) is 2. The summed E-state index contributed by atoms with van der Waals surface area (Å²) in [6.45, 7) is 0. The maximum atomic E-state index is 12.3. The topological polar surface area (TPSA) is 87.6 Å². The Morgan fingerprint density at radius 3 is 2.63 bits per heavy atom. The van der Waals surface area contributed by atoms with Crippen LogP contribution in [-0.2, 0) is 10.0 Å². The molecule has 0 saturated heterocycles. The first kappa shape index (κ1) is 13.5. The van der Waals surface area contributed by atoms with Crippen LogP contribution in [0.5, 0.6) is 0 Å². The van der Waals surface area contributed by atoms with Crippen molar-refractivity contribution in [3.63, 3.8) is 0 Å². The van der Waals surface area contributed by atoms with Gasteiger partial charge >= 0.3 is 5.97 Å². The summed E-state index contributed by atoms with van der Waals surface area (Å²) < 4.78 is 25.6. The summed E-state index contributed by atoms with van der Waals surface area (Å²) in [5.74, 6) is -1.14. The molecule has 0 bridgehead atoms. The van der Waals surface area contributed by atoms with Gasteiger partial charge < -0.3 is 5.11 Å². The van der Waals surface area contributed by atoms with Crippen molar-refractivity contribution in [2.45, 2.75) is 4.21 Å². The molecule has 0 unspecified atom stereocenters. The van der Waals surface area contributed by atoms with Crippen LogP contribution in [0.1, 0.15) is 9.67 Å². The van der Waals surface area contributed by atoms with Crippen molar-refractivity contribution >= 4 is 33.0 Å². The summed E-state index contributed by atoms with van der Waals surface area (Å²) in [6.07, 6.45) is 2.96. The molecule has 0 fully saturated rings. The molecular formula is C11H10N2O4S2. The molecule has 0 aliphatic heterocycles. The van der Waals surface area contributed by atoms with Crippen LogP contribution in [0, 0.1) is 0 Å². The number of aromatic carboxylic acids is 1. The monoisotopic (exact) mass is 298 g/mol. The number of pyridine rings is 1. The number of anilines is 1. The Labute approximate surface area is 114 Å². The van der Waals surface area contributed by atoms with Gasteiger partial charge in [-0.05, 0) is 24.3 Å². The largest absolute Gasteiger partial charge is 0.477 e. The highest BCUT2D eigenvalue weighted by molar-refractivity contribution is 7.94. The fourth-order valence-electron chi connectivity index (χ4n) is 1.39. The molecule has 2 aromatic heterocycles. The van der Waals surface area contributed by atoms with Gasteiger partial charge in [0.2, 0.25) is 0 Å². The molecule has 6 nitrogen and oxygen atoms in total. The van der Waals surface area contributed by atoms with E-state index >= 15 is 0 Å². The maximum Gasteiger partial charge on any atom is 0.345 e. The lowest BCUT2D eigenvalue weighted by Crippen LogP contribution is -2.25. The Balaban J connectivity index is 2.39. The number of carbonyl (C=O) groups is 1. The van der Waals surface area contributed by atoms with E-state index < -0.39 is 16.0 Å². The lowest BCUT2D eigenvalue weighted by molar-refractivity contribution is 0.0702. The molecule has 0 spiro atoms. The highest BCUT2D eigenvalue weighted by Gasteiger charge is 2.24. The molecular weight excluding hydrogens is 288 g/mol. The molecule has 19 heavy (non-hydrogen) atoms. The van der Waals surface area contributed by atoms with E-state index in [0.717, 1.165) is 15.6 Å². The van der Waals surface area contributed by atoms with Crippen LogP contribution < -0.4 is 4.31 Å². The Morgan fingerprint density at radius 1 is 1.37 bits per heavy atom. The average Bonchev–Trinajstić information content (AvgIpc) is 2.89. The molecule has 0 radical (unpaired) electrons. The van der Waals surface area contributed by atoms with Gasteiger partial charge in [-0.25, -0.2) is 13.2 Å². The van der Waals surface area contributed by atoms with Crippen molar-refractivity contribution in [2.75, 3.05) is 11.4 Å². The molecule has 1 N–H and O–H groups in total. The van der Waals surface area contributed by atoms with Crippen LogP contribution >= 0.6 is 11.3 Å². The van der Waals surface area contributed by atoms with E-state index in [9.17, 15) is 13.2 Å². The molecule has 0 aliphatic rings. The van der Waals surface area contributed by atoms with E-state index in [-0.39, 0.29) is 9.09 Å². The van der Waals surface area contributed by atoms with Crippen LogP contribution in [0.2, 0.25) is 0 Å². The predicted molar refractivity (Wildman–Crippen MR) is 71.1 cm³/mol. The highest BCUT2D eigenvalue weighted by atomic mass is 32.2. The number of carboxylic acid groups (broad SMARTS) is 1. The standard InChI is InChI=1S/C11H10N2O4S2/c1-13(8-3-2-6-12-7-8)19(16,17)10-5-4-9(18-10)11(14)15/h2-7H,1H3,(H,14,15). The van der Waals surface area contributed by atoms with Crippen LogP contribution in [-0.4, -0.2) is 31.5 Å². The van der Waals surface area contributed by atoms with Crippen molar-refractivity contribution in [3.8, 4) is 0 Å². The van der Waals surface area contributed by atoms with Crippen molar-refractivity contribution in [1.82, 2.24) is 4.98 Å². The summed E-state index contributed by atoms with van der Waals surface area (Å²) in [5.41, 5.74) is 0.410. The minimum Gasteiger partial charge on any atom is -0.477 e. The van der Waals surface area contributed by atoms with Gasteiger partial charge in [0.05, 0.1) is 11.9 Å². The zero-order chi connectivity index (χ0) is 14.0. The molecule has 100 valence electrons. The zero-order valence-electron chi connectivity index (χ0n) is 9.85. The van der Waals surface area contributed by atoms with Gasteiger partial charge in [0.25, 0.3) is 10.0 Å². The molecule has 2 aromatic rings. The zero-order valence-corrected chi connectivity index (χ0v) is 11.5. The van der Waals surface area contributed by atoms with E-state index in [4.69, 9.17) is 5.11 Å². The highest BCUT2D eigenvalue weighted by Crippen LogP contribution is 2.27. The van der Waals surface area contributed by atoms with Gasteiger partial charge in [-0.1, -0.05) is 0 Å². The number of sulfonamides is 1. The number of hydrogen-bond donors (Lipinski definition) is 1. The van der Waals surface area contributed by atoms with Gasteiger partial charge in [0.1, 0.15) is 9.09 Å². The Morgan fingerprint density at radius 2 is 2.11 bits per heavy atom. The smallest absolute Gasteiger partial charge is 0.345 e. The summed E-state index contributed by atoms with van der Waals surface area (Å²) >= 11 is 0.721. The quantitative estimate of drug-likeness (QED) is 0.927. The van der Waals surface area contributed by atoms with Crippen LogP contribution in [0.3, 0.4) is 0 Å². The molecule has 8 heteroatoms. The minimum atomic E-state index is -3.76. The third-order valence-electron chi connectivity index (χ3n) is 2.42. The van der Waals surface area contributed by atoms with Crippen LogP contribution in [0.15, 0.2) is 40.9 Å². The number of rotatable bonds is 4. The van der Waals surface area contributed by atoms with E-state index in [1.807, 2.05) is 0 Å². The lowest BCUT2D eigenvalue weighted by atomic mass is 10.4. The molecule has 0 aromatic carbocycles. The average molecular weight is 298 g/mol. The van der Waals surface area contributed by atoms with Crippen LogP contribution in [0.25, 0.3) is 0 Å². The number of thiophene rings is 1. The molecule has 2 rings (SSSR count). The second kappa shape index (κ2) is 4.98. The summed E-state index contributed by atoms with van der Waals surface area (Å²) in [5, 5.41) is 8.81. The third-order valence-corrected chi connectivity index (χ3v) is 5.74. The van der Waals surface area contributed by atoms with Gasteiger partial charge in [-0.15, -0.1) is 11.3 Å². The first-order valence-corrected chi connectivity index (χ1v) is 7.40. The van der Waals surface area contributed by atoms with Crippen molar-refractivity contribution in [3.05, 3.63) is 41.5 Å². The Hall–Kier alpha value is -1.93. The van der Waals surface area contributed by atoms with E-state index in [1.165, 1.54) is 31.6 Å². The van der Waals surface area contributed by atoms with Gasteiger partial charge in [-0.2, -0.15) is 0 Å². The van der Waals surface area contributed by atoms with Gasteiger partial charge in [-0.3, -0.25) is 9.29 Å². The molecule has 0 atom stereocenters. The number of hydrogen-bond acceptors (Lipinski definition) is 5. The third kappa shape index (κ3) is 2.59.